The number of non-ortho nitro benzene ring substituents is 1. The molecule has 1 aromatic rings. The molecular formula is C9H8F3N3O2. The molecule has 0 heterocycles. The Hall–Kier alpha value is -2.12. The Balaban J connectivity index is 3.28. The minimum atomic E-state index is -4.67. The number of hydrogen-bond acceptors (Lipinski definition) is 3. The highest BCUT2D eigenvalue weighted by atomic mass is 19.4. The molecule has 0 saturated carbocycles. The molecule has 0 unspecified atom stereocenters. The van der Waals surface area contributed by atoms with E-state index in [1.54, 1.807) is 0 Å². The van der Waals surface area contributed by atoms with Crippen LogP contribution in [0.5, 0.6) is 0 Å². The lowest BCUT2D eigenvalue weighted by Crippen LogP contribution is -2.14. The summed E-state index contributed by atoms with van der Waals surface area (Å²) in [7, 11) is 0. The van der Waals surface area contributed by atoms with Crippen molar-refractivity contribution in [1.82, 2.24) is 0 Å². The summed E-state index contributed by atoms with van der Waals surface area (Å²) in [6.07, 6.45) is -4.93. The van der Waals surface area contributed by atoms with Crippen molar-refractivity contribution in [2.75, 3.05) is 0 Å². The predicted molar refractivity (Wildman–Crippen MR) is 53.7 cm³/mol. The van der Waals surface area contributed by atoms with Gasteiger partial charge < -0.3 is 5.73 Å². The highest BCUT2D eigenvalue weighted by Gasteiger charge is 2.32. The number of amidine groups is 1. The standard InChI is InChI=1S/C9H8F3N3O2/c10-9(11,12)6-1-5(3-8(13)14)2-7(4-6)15(16)17/h1-2,4H,3H2,(H3,13,14). The van der Waals surface area contributed by atoms with Gasteiger partial charge in [-0.2, -0.15) is 13.2 Å². The molecule has 0 aliphatic rings. The topological polar surface area (TPSA) is 93.0 Å². The largest absolute Gasteiger partial charge is 0.416 e. The van der Waals surface area contributed by atoms with E-state index >= 15 is 0 Å². The number of nitrogens with zero attached hydrogens (tertiary/aromatic N) is 1. The molecule has 0 fully saturated rings. The van der Waals surface area contributed by atoms with Crippen LogP contribution in [-0.4, -0.2) is 10.8 Å². The first-order valence-electron chi connectivity index (χ1n) is 4.38. The number of hydrogen-bond donors (Lipinski definition) is 2. The van der Waals surface area contributed by atoms with Crippen LogP contribution in [0.3, 0.4) is 0 Å². The van der Waals surface area contributed by atoms with Crippen molar-refractivity contribution in [3.63, 3.8) is 0 Å². The van der Waals surface area contributed by atoms with Crippen LogP contribution in [0.15, 0.2) is 18.2 Å². The van der Waals surface area contributed by atoms with Gasteiger partial charge in [0.1, 0.15) is 0 Å². The molecule has 0 atom stereocenters. The maximum absolute atomic E-state index is 12.4. The van der Waals surface area contributed by atoms with E-state index < -0.39 is 22.4 Å². The average Bonchev–Trinajstić information content (AvgIpc) is 2.14. The molecule has 5 nitrogen and oxygen atoms in total. The quantitative estimate of drug-likeness (QED) is 0.370. The van der Waals surface area contributed by atoms with E-state index in [-0.39, 0.29) is 17.8 Å². The number of nitro benzene ring substituents is 1. The van der Waals surface area contributed by atoms with Gasteiger partial charge in [0, 0.05) is 18.6 Å². The first kappa shape index (κ1) is 12.9. The van der Waals surface area contributed by atoms with Gasteiger partial charge in [0.25, 0.3) is 5.69 Å². The fourth-order valence-corrected chi connectivity index (χ4v) is 1.27. The molecule has 0 saturated heterocycles. The van der Waals surface area contributed by atoms with Crippen LogP contribution in [0.1, 0.15) is 11.1 Å². The Bertz CT molecular complexity index is 471. The van der Waals surface area contributed by atoms with Crippen molar-refractivity contribution >= 4 is 11.5 Å². The average molecular weight is 247 g/mol. The molecule has 0 bridgehead atoms. The molecule has 92 valence electrons. The molecule has 0 radical (unpaired) electrons. The summed E-state index contributed by atoms with van der Waals surface area (Å²) >= 11 is 0. The number of rotatable bonds is 3. The number of nitro groups is 1. The summed E-state index contributed by atoms with van der Waals surface area (Å²) in [6.45, 7) is 0. The van der Waals surface area contributed by atoms with Crippen LogP contribution in [0.4, 0.5) is 18.9 Å². The lowest BCUT2D eigenvalue weighted by molar-refractivity contribution is -0.385. The third-order valence-corrected chi connectivity index (χ3v) is 1.91. The van der Waals surface area contributed by atoms with E-state index in [1.807, 2.05) is 0 Å². The Morgan fingerprint density at radius 2 is 2.00 bits per heavy atom. The molecule has 8 heteroatoms. The summed E-state index contributed by atoms with van der Waals surface area (Å²) < 4.78 is 37.3. The SMILES string of the molecule is N=C(N)Cc1cc([N+](=O)[O-])cc(C(F)(F)F)c1. The molecule has 0 spiro atoms. The third kappa shape index (κ3) is 3.44. The lowest BCUT2D eigenvalue weighted by Gasteiger charge is -2.08. The van der Waals surface area contributed by atoms with Crippen molar-refractivity contribution in [2.45, 2.75) is 12.6 Å². The third-order valence-electron chi connectivity index (χ3n) is 1.91. The number of halogens is 3. The minimum Gasteiger partial charge on any atom is -0.387 e. The number of alkyl halides is 3. The molecule has 1 aromatic carbocycles. The summed E-state index contributed by atoms with van der Waals surface area (Å²) in [6, 6.07) is 2.16. The molecule has 0 amide bonds. The van der Waals surface area contributed by atoms with Crippen molar-refractivity contribution in [3.05, 3.63) is 39.4 Å². The summed E-state index contributed by atoms with van der Waals surface area (Å²) in [5, 5.41) is 17.4. The smallest absolute Gasteiger partial charge is 0.387 e. The highest BCUT2D eigenvalue weighted by molar-refractivity contribution is 5.79. The van der Waals surface area contributed by atoms with E-state index in [9.17, 15) is 23.3 Å². The summed E-state index contributed by atoms with van der Waals surface area (Å²) in [5.74, 6) is -0.362. The molecule has 0 aliphatic heterocycles. The van der Waals surface area contributed by atoms with Crippen molar-refractivity contribution in [1.29, 1.82) is 5.41 Å². The second kappa shape index (κ2) is 4.40. The molecule has 0 aromatic heterocycles. The van der Waals surface area contributed by atoms with Crippen LogP contribution in [0.25, 0.3) is 0 Å². The maximum atomic E-state index is 12.4. The fourth-order valence-electron chi connectivity index (χ4n) is 1.27. The van der Waals surface area contributed by atoms with Gasteiger partial charge >= 0.3 is 6.18 Å². The highest BCUT2D eigenvalue weighted by Crippen LogP contribution is 2.32. The fraction of sp³-hybridized carbons (Fsp3) is 0.222. The van der Waals surface area contributed by atoms with Gasteiger partial charge in [-0.15, -0.1) is 0 Å². The summed E-state index contributed by atoms with van der Waals surface area (Å²) in [5.41, 5.74) is 3.23. The Labute approximate surface area is 93.7 Å². The molecule has 0 aliphatic carbocycles. The zero-order valence-electron chi connectivity index (χ0n) is 8.41. The van der Waals surface area contributed by atoms with Gasteiger partial charge in [0.05, 0.1) is 16.3 Å². The summed E-state index contributed by atoms with van der Waals surface area (Å²) in [4.78, 5) is 9.55. The van der Waals surface area contributed by atoms with E-state index in [0.717, 1.165) is 12.1 Å². The van der Waals surface area contributed by atoms with E-state index in [0.29, 0.717) is 6.07 Å². The van der Waals surface area contributed by atoms with Crippen molar-refractivity contribution in [2.24, 2.45) is 5.73 Å². The lowest BCUT2D eigenvalue weighted by atomic mass is 10.1. The first-order chi connectivity index (χ1) is 7.70. The zero-order chi connectivity index (χ0) is 13.2. The second-order valence-electron chi connectivity index (χ2n) is 3.35. The number of nitrogens with one attached hydrogen (secondary N) is 1. The molecular weight excluding hydrogens is 239 g/mol. The Morgan fingerprint density at radius 1 is 1.41 bits per heavy atom. The zero-order valence-corrected chi connectivity index (χ0v) is 8.41. The van der Waals surface area contributed by atoms with E-state index in [2.05, 4.69) is 0 Å². The van der Waals surface area contributed by atoms with Gasteiger partial charge in [-0.1, -0.05) is 0 Å². The number of nitrogens with two attached hydrogens (primary N) is 1. The van der Waals surface area contributed by atoms with Crippen LogP contribution < -0.4 is 5.73 Å². The van der Waals surface area contributed by atoms with Crippen LogP contribution in [-0.2, 0) is 12.6 Å². The van der Waals surface area contributed by atoms with Crippen LogP contribution in [0, 0.1) is 15.5 Å². The second-order valence-corrected chi connectivity index (χ2v) is 3.35. The van der Waals surface area contributed by atoms with Crippen LogP contribution >= 0.6 is 0 Å². The van der Waals surface area contributed by atoms with Crippen LogP contribution in [0.2, 0.25) is 0 Å². The Morgan fingerprint density at radius 3 is 2.41 bits per heavy atom. The molecule has 3 N–H and O–H groups in total. The van der Waals surface area contributed by atoms with Gasteiger partial charge in [0.15, 0.2) is 0 Å². The number of benzene rings is 1. The van der Waals surface area contributed by atoms with Gasteiger partial charge in [-0.25, -0.2) is 0 Å². The monoisotopic (exact) mass is 247 g/mol. The molecule has 17 heavy (non-hydrogen) atoms. The first-order valence-corrected chi connectivity index (χ1v) is 4.38. The van der Waals surface area contributed by atoms with Crippen molar-refractivity contribution < 1.29 is 18.1 Å². The van der Waals surface area contributed by atoms with E-state index in [1.165, 1.54) is 0 Å². The predicted octanol–water partition coefficient (Wildman–Crippen LogP) is 2.09. The Kier molecular flexibility index (Phi) is 3.35. The van der Waals surface area contributed by atoms with Gasteiger partial charge in [0.2, 0.25) is 0 Å². The van der Waals surface area contributed by atoms with Crippen molar-refractivity contribution in [3.8, 4) is 0 Å². The van der Waals surface area contributed by atoms with E-state index in [4.69, 9.17) is 11.1 Å². The van der Waals surface area contributed by atoms with Gasteiger partial charge in [-0.3, -0.25) is 15.5 Å². The minimum absolute atomic E-state index is 0.0148. The van der Waals surface area contributed by atoms with Gasteiger partial charge in [-0.05, 0) is 11.6 Å². The molecule has 1 rings (SSSR count). The normalized spacial score (nSPS) is 11.2. The maximum Gasteiger partial charge on any atom is 0.416 e.